The minimum Gasteiger partial charge on any atom is -0.365 e. The molecule has 0 amide bonds. The number of thioether (sulfide) groups is 1. The third kappa shape index (κ3) is 4.57. The number of halogens is 1. The quantitative estimate of drug-likeness (QED) is 0.509. The maximum absolute atomic E-state index is 14.6. The van der Waals surface area contributed by atoms with E-state index in [2.05, 4.69) is 55.5 Å². The van der Waals surface area contributed by atoms with Gasteiger partial charge in [0.2, 0.25) is 11.1 Å². The second-order valence-electron chi connectivity index (χ2n) is 9.31. The SMILES string of the molecule is CSC1=NNNN1c1cccc(Nc2ncc(F)c(N[C@@H]3C[C@@H]4CCCN4C(C)(C)C3)n2)c1.[HH].[HH]. The summed E-state index contributed by atoms with van der Waals surface area (Å²) in [6.45, 7) is 5.73. The van der Waals surface area contributed by atoms with Gasteiger partial charge in [0, 0.05) is 26.2 Å². The Morgan fingerprint density at radius 3 is 3.06 bits per heavy atom. The number of nitrogens with one attached hydrogen (secondary N) is 4. The lowest BCUT2D eigenvalue weighted by molar-refractivity contribution is 0.0500. The van der Waals surface area contributed by atoms with Gasteiger partial charge in [0.25, 0.3) is 0 Å². The van der Waals surface area contributed by atoms with E-state index < -0.39 is 5.82 Å². The van der Waals surface area contributed by atoms with Gasteiger partial charge in [-0.1, -0.05) is 17.8 Å². The maximum Gasteiger partial charge on any atom is 0.229 e. The van der Waals surface area contributed by atoms with E-state index >= 15 is 0 Å². The highest BCUT2D eigenvalue weighted by atomic mass is 32.2. The molecular formula is C22H34FN9S. The highest BCUT2D eigenvalue weighted by Crippen LogP contribution is 2.38. The molecule has 1 aromatic carbocycles. The summed E-state index contributed by atoms with van der Waals surface area (Å²) in [5, 5.41) is 13.4. The van der Waals surface area contributed by atoms with Gasteiger partial charge < -0.3 is 10.6 Å². The van der Waals surface area contributed by atoms with Gasteiger partial charge in [-0.25, -0.2) is 19.9 Å². The van der Waals surface area contributed by atoms with Crippen LogP contribution in [0.5, 0.6) is 0 Å². The summed E-state index contributed by atoms with van der Waals surface area (Å²) in [5.74, 6) is 0.159. The van der Waals surface area contributed by atoms with Crippen molar-refractivity contribution in [2.45, 2.75) is 57.2 Å². The average Bonchev–Trinajstić information content (AvgIpc) is 3.46. The van der Waals surface area contributed by atoms with Gasteiger partial charge >= 0.3 is 0 Å². The van der Waals surface area contributed by atoms with Crippen molar-refractivity contribution in [1.29, 1.82) is 0 Å². The summed E-state index contributed by atoms with van der Waals surface area (Å²) < 4.78 is 14.6. The van der Waals surface area contributed by atoms with Crippen LogP contribution >= 0.6 is 11.8 Å². The molecule has 3 aliphatic heterocycles. The van der Waals surface area contributed by atoms with Crippen LogP contribution in [0.3, 0.4) is 0 Å². The van der Waals surface area contributed by atoms with E-state index in [-0.39, 0.29) is 20.3 Å². The van der Waals surface area contributed by atoms with Crippen LogP contribution in [0.15, 0.2) is 35.6 Å². The standard InChI is InChI=1S/C22H30FN9S.2H2/c1-22(2)12-15(11-16-8-5-9-31(16)22)25-19-18(23)13-24-20(27-19)26-14-6-4-7-17(10-14)32-21(33-3)28-29-30-32;;/h4,6-7,10,13,15-16,29-30H,5,8-9,11-12H2,1-3H3,(H2,24,25,26,27);2*1H/t15-,16+;;/m1../s1. The molecule has 11 heteroatoms. The Labute approximate surface area is 200 Å². The van der Waals surface area contributed by atoms with Crippen molar-refractivity contribution in [2.75, 3.05) is 28.4 Å². The number of rotatable bonds is 5. The fourth-order valence-electron chi connectivity index (χ4n) is 5.23. The first-order chi connectivity index (χ1) is 15.9. The van der Waals surface area contributed by atoms with E-state index in [9.17, 15) is 4.39 Å². The van der Waals surface area contributed by atoms with Crippen molar-refractivity contribution >= 4 is 40.1 Å². The number of hydrogen-bond acceptors (Lipinski definition) is 10. The molecule has 2 atom stereocenters. The number of amidine groups is 1. The lowest BCUT2D eigenvalue weighted by Gasteiger charge is -2.47. The van der Waals surface area contributed by atoms with Gasteiger partial charge in [0.1, 0.15) is 0 Å². The zero-order valence-electron chi connectivity index (χ0n) is 19.1. The topological polar surface area (TPSA) is 92.7 Å². The number of fused-ring (bicyclic) bond motifs is 1. The third-order valence-corrected chi connectivity index (χ3v) is 7.23. The molecule has 2 aromatic rings. The van der Waals surface area contributed by atoms with Crippen LogP contribution in [0.2, 0.25) is 0 Å². The number of anilines is 4. The van der Waals surface area contributed by atoms with Crippen molar-refractivity contribution < 1.29 is 7.24 Å². The summed E-state index contributed by atoms with van der Waals surface area (Å²) in [6, 6.07) is 8.49. The summed E-state index contributed by atoms with van der Waals surface area (Å²) >= 11 is 1.52. The van der Waals surface area contributed by atoms with Crippen LogP contribution in [-0.4, -0.2) is 50.5 Å². The first kappa shape index (κ1) is 22.2. The predicted molar refractivity (Wildman–Crippen MR) is 136 cm³/mol. The van der Waals surface area contributed by atoms with Gasteiger partial charge in [0.15, 0.2) is 11.6 Å². The predicted octanol–water partition coefficient (Wildman–Crippen LogP) is 4.13. The van der Waals surface area contributed by atoms with Crippen LogP contribution in [0, 0.1) is 5.82 Å². The first-order valence-electron chi connectivity index (χ1n) is 11.3. The third-order valence-electron chi connectivity index (χ3n) is 6.59. The number of benzene rings is 1. The van der Waals surface area contributed by atoms with Crippen LogP contribution in [0.25, 0.3) is 0 Å². The van der Waals surface area contributed by atoms with Gasteiger partial charge in [-0.15, -0.1) is 10.6 Å². The molecule has 0 unspecified atom stereocenters. The van der Waals surface area contributed by atoms with E-state index in [0.29, 0.717) is 12.0 Å². The second-order valence-corrected chi connectivity index (χ2v) is 10.1. The smallest absolute Gasteiger partial charge is 0.229 e. The number of aromatic nitrogens is 2. The molecule has 4 N–H and O–H groups in total. The molecule has 4 heterocycles. The van der Waals surface area contributed by atoms with E-state index in [1.165, 1.54) is 30.8 Å². The molecule has 5 rings (SSSR count). The highest BCUT2D eigenvalue weighted by molar-refractivity contribution is 8.13. The largest absolute Gasteiger partial charge is 0.365 e. The molecular weight excluding hydrogens is 441 g/mol. The second kappa shape index (κ2) is 8.96. The van der Waals surface area contributed by atoms with Crippen molar-refractivity contribution in [3.8, 4) is 0 Å². The molecule has 0 radical (unpaired) electrons. The molecule has 3 aliphatic rings. The molecule has 2 saturated heterocycles. The van der Waals surface area contributed by atoms with E-state index in [0.717, 1.165) is 35.9 Å². The molecule has 33 heavy (non-hydrogen) atoms. The fourth-order valence-corrected chi connectivity index (χ4v) is 5.70. The zero-order valence-corrected chi connectivity index (χ0v) is 19.9. The lowest BCUT2D eigenvalue weighted by atomic mass is 9.84. The number of piperidine rings is 1. The molecule has 0 bridgehead atoms. The number of nitrogens with zero attached hydrogens (tertiary/aromatic N) is 5. The number of hydrogen-bond donors (Lipinski definition) is 4. The van der Waals surface area contributed by atoms with Crippen molar-refractivity contribution in [2.24, 2.45) is 5.10 Å². The van der Waals surface area contributed by atoms with Gasteiger partial charge in [-0.2, -0.15) is 4.98 Å². The lowest BCUT2D eigenvalue weighted by Crippen LogP contribution is -2.55. The van der Waals surface area contributed by atoms with E-state index in [4.69, 9.17) is 0 Å². The normalized spacial score (nSPS) is 24.2. The van der Waals surface area contributed by atoms with Crippen LogP contribution in [0.1, 0.15) is 42.4 Å². The summed E-state index contributed by atoms with van der Waals surface area (Å²) in [4.78, 5) is 11.2. The molecule has 180 valence electrons. The Hall–Kier alpha value is -2.63. The van der Waals surface area contributed by atoms with Crippen molar-refractivity contribution in [3.05, 3.63) is 36.3 Å². The Bertz CT molecular complexity index is 1060. The van der Waals surface area contributed by atoms with Crippen molar-refractivity contribution in [3.63, 3.8) is 0 Å². The maximum atomic E-state index is 14.6. The molecule has 0 aliphatic carbocycles. The van der Waals surface area contributed by atoms with Crippen LogP contribution in [-0.2, 0) is 0 Å². The molecule has 2 fully saturated rings. The van der Waals surface area contributed by atoms with Gasteiger partial charge in [0.05, 0.1) is 11.9 Å². The zero-order chi connectivity index (χ0) is 23.0. The van der Waals surface area contributed by atoms with Crippen LogP contribution < -0.4 is 26.7 Å². The Balaban J connectivity index is 0.00000171. The summed E-state index contributed by atoms with van der Waals surface area (Å²) in [5.41, 5.74) is 7.52. The molecule has 1 aromatic heterocycles. The molecule has 0 spiro atoms. The van der Waals surface area contributed by atoms with E-state index in [1.807, 2.05) is 35.5 Å². The molecule has 0 saturated carbocycles. The van der Waals surface area contributed by atoms with E-state index in [1.54, 1.807) is 0 Å². The minimum atomic E-state index is -0.436. The minimum absolute atomic E-state index is 0. The number of hydrazine groups is 2. The van der Waals surface area contributed by atoms with Gasteiger partial charge in [-0.05, 0) is 70.5 Å². The average molecular weight is 476 g/mol. The number of hydrazone groups is 1. The fraction of sp³-hybridized carbons (Fsp3) is 0.500. The van der Waals surface area contributed by atoms with Gasteiger partial charge in [-0.3, -0.25) is 4.90 Å². The molecule has 9 nitrogen and oxygen atoms in total. The Kier molecular flexibility index (Phi) is 6.02. The highest BCUT2D eigenvalue weighted by Gasteiger charge is 2.43. The summed E-state index contributed by atoms with van der Waals surface area (Å²) in [6.07, 6.45) is 7.59. The summed E-state index contributed by atoms with van der Waals surface area (Å²) in [7, 11) is 0. The Morgan fingerprint density at radius 1 is 1.33 bits per heavy atom. The monoisotopic (exact) mass is 475 g/mol. The van der Waals surface area contributed by atoms with Crippen molar-refractivity contribution in [1.82, 2.24) is 25.9 Å². The first-order valence-corrected chi connectivity index (χ1v) is 12.5. The Morgan fingerprint density at radius 2 is 2.21 bits per heavy atom. The van der Waals surface area contributed by atoms with Crippen LogP contribution in [0.4, 0.5) is 27.5 Å².